The maximum Gasteiger partial charge on any atom is 0.280 e. The quantitative estimate of drug-likeness (QED) is 0.0792. The van der Waals surface area contributed by atoms with Crippen molar-refractivity contribution in [1.82, 2.24) is 14.6 Å². The Morgan fingerprint density at radius 3 is 2.46 bits per heavy atom. The Morgan fingerprint density at radius 1 is 0.891 bits per heavy atom. The van der Waals surface area contributed by atoms with Gasteiger partial charge in [0.05, 0.1) is 26.2 Å². The smallest absolute Gasteiger partial charge is 0.267 e. The van der Waals surface area contributed by atoms with Crippen molar-refractivity contribution in [1.29, 1.82) is 0 Å². The van der Waals surface area contributed by atoms with Crippen LogP contribution < -0.4 is 10.6 Å². The van der Waals surface area contributed by atoms with Crippen LogP contribution in [0.4, 0.5) is 5.69 Å². The number of nitrogens with zero attached hydrogens (tertiary/aromatic N) is 5. The number of non-ortho nitro benzene ring substituents is 1. The van der Waals surface area contributed by atoms with E-state index < -0.39 is 21.8 Å². The minimum absolute atomic E-state index is 0.115. The normalized spacial score (nSPS) is 15.7. The third-order valence-corrected chi connectivity index (χ3v) is 9.32. The van der Waals surface area contributed by atoms with E-state index in [9.17, 15) is 19.7 Å². The zero-order chi connectivity index (χ0) is 32.1. The standard InChI is InChI=1S/C34H21Cl2N5O4S/c1-19-9-14-27-22(15-19)18-26(30(36)37-27)34-40(33(43)29(46-34)17-20-5-4-6-24(16-20)41(44)45)39-31(21-10-12-23(35)13-11-21)38-28-8-3-2-7-25(28)32(39)42/h2-18,34H,1H3. The van der Waals surface area contributed by atoms with Gasteiger partial charge in [-0.05, 0) is 73.2 Å². The Morgan fingerprint density at radius 2 is 1.67 bits per heavy atom. The fourth-order valence-electron chi connectivity index (χ4n) is 5.38. The molecule has 3 heterocycles. The second-order valence-electron chi connectivity index (χ2n) is 10.6. The topological polar surface area (TPSA) is 111 Å². The summed E-state index contributed by atoms with van der Waals surface area (Å²) in [6.07, 6.45) is 1.57. The van der Waals surface area contributed by atoms with E-state index in [4.69, 9.17) is 28.2 Å². The molecular weight excluding hydrogens is 645 g/mol. The third-order valence-electron chi connectivity index (χ3n) is 7.55. The molecule has 4 aromatic carbocycles. The first-order valence-electron chi connectivity index (χ1n) is 14.0. The van der Waals surface area contributed by atoms with Crippen molar-refractivity contribution in [2.75, 3.05) is 5.01 Å². The van der Waals surface area contributed by atoms with Crippen LogP contribution in [0.25, 0.3) is 39.3 Å². The Hall–Kier alpha value is -5.03. The Kier molecular flexibility index (Phi) is 7.56. The van der Waals surface area contributed by atoms with Crippen LogP contribution in [-0.2, 0) is 4.79 Å². The molecule has 0 saturated carbocycles. The zero-order valence-corrected chi connectivity index (χ0v) is 26.3. The number of nitro benzene ring substituents is 1. The highest BCUT2D eigenvalue weighted by molar-refractivity contribution is 8.05. The number of carbonyl (C=O) groups is 1. The van der Waals surface area contributed by atoms with E-state index in [1.807, 2.05) is 31.2 Å². The molecule has 2 aromatic heterocycles. The van der Waals surface area contributed by atoms with Crippen molar-refractivity contribution < 1.29 is 9.72 Å². The number of thioether (sulfide) groups is 1. The summed E-state index contributed by atoms with van der Waals surface area (Å²) >= 11 is 14.2. The summed E-state index contributed by atoms with van der Waals surface area (Å²) in [6.45, 7) is 1.96. The lowest BCUT2D eigenvalue weighted by Crippen LogP contribution is -2.46. The highest BCUT2D eigenvalue weighted by Crippen LogP contribution is 2.48. The Balaban J connectivity index is 1.50. The lowest BCUT2D eigenvalue weighted by atomic mass is 10.1. The molecule has 46 heavy (non-hydrogen) atoms. The van der Waals surface area contributed by atoms with Crippen LogP contribution in [0.1, 0.15) is 22.1 Å². The van der Waals surface area contributed by atoms with E-state index in [0.717, 1.165) is 10.9 Å². The van der Waals surface area contributed by atoms with Crippen molar-refractivity contribution in [3.63, 3.8) is 0 Å². The summed E-state index contributed by atoms with van der Waals surface area (Å²) in [5, 5.41) is 13.7. The van der Waals surface area contributed by atoms with E-state index in [2.05, 4.69) is 4.98 Å². The van der Waals surface area contributed by atoms with Crippen molar-refractivity contribution in [2.45, 2.75) is 12.3 Å². The SMILES string of the molecule is Cc1ccc2nc(Cl)c(C3SC(=Cc4cccc([N+](=O)[O-])c4)C(=O)N3n3c(-c4ccc(Cl)cc4)nc4ccccc4c3=O)cc2c1. The number of pyridine rings is 1. The van der Waals surface area contributed by atoms with Gasteiger partial charge in [0.15, 0.2) is 5.82 Å². The van der Waals surface area contributed by atoms with E-state index >= 15 is 0 Å². The van der Waals surface area contributed by atoms with Crippen molar-refractivity contribution in [2.24, 2.45) is 0 Å². The summed E-state index contributed by atoms with van der Waals surface area (Å²) in [7, 11) is 0. The van der Waals surface area contributed by atoms with Crippen molar-refractivity contribution >= 4 is 74.4 Å². The molecule has 1 atom stereocenters. The number of aromatic nitrogens is 3. The highest BCUT2D eigenvalue weighted by atomic mass is 35.5. The first-order chi connectivity index (χ1) is 22.2. The maximum atomic E-state index is 14.5. The zero-order valence-electron chi connectivity index (χ0n) is 23.9. The van der Waals surface area contributed by atoms with Gasteiger partial charge in [0, 0.05) is 33.7 Å². The van der Waals surface area contributed by atoms with E-state index in [0.29, 0.717) is 38.1 Å². The average Bonchev–Trinajstić information content (AvgIpc) is 3.35. The number of para-hydroxylation sites is 1. The van der Waals surface area contributed by atoms with Gasteiger partial charge >= 0.3 is 0 Å². The number of halogens is 2. The molecule has 0 bridgehead atoms. The number of benzene rings is 4. The predicted octanol–water partition coefficient (Wildman–Crippen LogP) is 8.09. The molecule has 1 fully saturated rings. The van der Waals surface area contributed by atoms with Crippen LogP contribution >= 0.6 is 35.0 Å². The molecule has 226 valence electrons. The first kappa shape index (κ1) is 29.7. The minimum Gasteiger partial charge on any atom is -0.267 e. The number of amides is 1. The summed E-state index contributed by atoms with van der Waals surface area (Å²) in [6, 6.07) is 27.3. The molecule has 9 nitrogen and oxygen atoms in total. The van der Waals surface area contributed by atoms with Gasteiger partial charge in [0.25, 0.3) is 17.2 Å². The van der Waals surface area contributed by atoms with Crippen LogP contribution in [0.2, 0.25) is 10.2 Å². The molecule has 1 aliphatic rings. The van der Waals surface area contributed by atoms with Crippen LogP contribution in [-0.4, -0.2) is 25.5 Å². The first-order valence-corrected chi connectivity index (χ1v) is 15.6. The monoisotopic (exact) mass is 665 g/mol. The largest absolute Gasteiger partial charge is 0.280 e. The van der Waals surface area contributed by atoms with Crippen LogP contribution in [0.3, 0.4) is 0 Å². The summed E-state index contributed by atoms with van der Waals surface area (Å²) in [5.41, 5.74) is 3.08. The molecule has 12 heteroatoms. The van der Waals surface area contributed by atoms with E-state index in [1.54, 1.807) is 66.7 Å². The molecule has 1 amide bonds. The van der Waals surface area contributed by atoms with Gasteiger partial charge in [0.1, 0.15) is 10.5 Å². The van der Waals surface area contributed by atoms with Crippen LogP contribution in [0.5, 0.6) is 0 Å². The second-order valence-corrected chi connectivity index (χ2v) is 12.5. The average molecular weight is 667 g/mol. The lowest BCUT2D eigenvalue weighted by molar-refractivity contribution is -0.384. The molecule has 0 N–H and O–H groups in total. The molecule has 1 aliphatic heterocycles. The maximum absolute atomic E-state index is 14.5. The molecule has 0 radical (unpaired) electrons. The van der Waals surface area contributed by atoms with Gasteiger partial charge in [-0.3, -0.25) is 19.7 Å². The summed E-state index contributed by atoms with van der Waals surface area (Å²) in [5.74, 6) is -0.298. The molecular formula is C34H21Cl2N5O4S. The molecule has 7 rings (SSSR count). The van der Waals surface area contributed by atoms with Gasteiger partial charge < -0.3 is 0 Å². The number of aryl methyl sites for hydroxylation is 1. The second kappa shape index (κ2) is 11.7. The Labute approximate surface area is 275 Å². The van der Waals surface area contributed by atoms with Crippen molar-refractivity contribution in [3.8, 4) is 11.4 Å². The number of rotatable bonds is 5. The van der Waals surface area contributed by atoms with Gasteiger partial charge in [0.2, 0.25) is 0 Å². The van der Waals surface area contributed by atoms with Crippen LogP contribution in [0, 0.1) is 17.0 Å². The fourth-order valence-corrected chi connectivity index (χ4v) is 7.05. The molecule has 0 spiro atoms. The predicted molar refractivity (Wildman–Crippen MR) is 183 cm³/mol. The summed E-state index contributed by atoms with van der Waals surface area (Å²) < 4.78 is 1.27. The number of carbonyl (C=O) groups excluding carboxylic acids is 1. The Bertz CT molecular complexity index is 2320. The molecule has 1 saturated heterocycles. The molecule has 6 aromatic rings. The highest BCUT2D eigenvalue weighted by Gasteiger charge is 2.42. The van der Waals surface area contributed by atoms with Gasteiger partial charge in [-0.25, -0.2) is 15.0 Å². The summed E-state index contributed by atoms with van der Waals surface area (Å²) in [4.78, 5) is 49.5. The number of hydrogen-bond acceptors (Lipinski definition) is 7. The van der Waals surface area contributed by atoms with Crippen molar-refractivity contribution in [3.05, 3.63) is 149 Å². The number of hydrogen-bond donors (Lipinski definition) is 0. The third kappa shape index (κ3) is 5.30. The van der Waals surface area contributed by atoms with E-state index in [1.165, 1.54) is 33.6 Å². The van der Waals surface area contributed by atoms with Gasteiger partial charge in [-0.1, -0.05) is 70.9 Å². The number of fused-ring (bicyclic) bond motifs is 2. The van der Waals surface area contributed by atoms with Crippen LogP contribution in [0.15, 0.2) is 107 Å². The van der Waals surface area contributed by atoms with E-state index in [-0.39, 0.29) is 21.6 Å². The molecule has 1 unspecified atom stereocenters. The lowest BCUT2D eigenvalue weighted by Gasteiger charge is -2.28. The minimum atomic E-state index is -0.853. The molecule has 0 aliphatic carbocycles. The fraction of sp³-hybridized carbons (Fsp3) is 0.0588. The van der Waals surface area contributed by atoms with Gasteiger partial charge in [-0.15, -0.1) is 0 Å². The van der Waals surface area contributed by atoms with Gasteiger partial charge in [-0.2, -0.15) is 4.68 Å². The number of nitro groups is 1.